The summed E-state index contributed by atoms with van der Waals surface area (Å²) in [5.74, 6) is 3.00. The van der Waals surface area contributed by atoms with Crippen LogP contribution in [0.25, 0.3) is 11.1 Å². The van der Waals surface area contributed by atoms with Gasteiger partial charge in [0.25, 0.3) is 0 Å². The van der Waals surface area contributed by atoms with Gasteiger partial charge < -0.3 is 9.47 Å². The van der Waals surface area contributed by atoms with Crippen LogP contribution >= 0.6 is 34.9 Å². The molecule has 0 saturated carbocycles. The Morgan fingerprint density at radius 1 is 1.00 bits per heavy atom. The lowest BCUT2D eigenvalue weighted by Gasteiger charge is -2.14. The average Bonchev–Trinajstić information content (AvgIpc) is 3.41. The molecule has 0 aliphatic carbocycles. The third-order valence-corrected chi connectivity index (χ3v) is 8.50. The van der Waals surface area contributed by atoms with Gasteiger partial charge in [-0.25, -0.2) is 4.79 Å². The third-order valence-electron chi connectivity index (χ3n) is 4.50. The summed E-state index contributed by atoms with van der Waals surface area (Å²) in [6, 6.07) is 15.9. The van der Waals surface area contributed by atoms with Crippen molar-refractivity contribution in [2.75, 3.05) is 18.6 Å². The van der Waals surface area contributed by atoms with Crippen LogP contribution in [0.4, 0.5) is 0 Å². The van der Waals surface area contributed by atoms with Crippen molar-refractivity contribution in [3.8, 4) is 22.6 Å². The highest BCUT2D eigenvalue weighted by atomic mass is 32.2. The summed E-state index contributed by atoms with van der Waals surface area (Å²) in [6.45, 7) is 2.05. The van der Waals surface area contributed by atoms with Gasteiger partial charge in [0.1, 0.15) is 4.88 Å². The maximum absolute atomic E-state index is 12.9. The molecule has 0 atom stereocenters. The molecule has 28 heavy (non-hydrogen) atoms. The van der Waals surface area contributed by atoms with Crippen LogP contribution in [0.15, 0.2) is 53.9 Å². The molecule has 0 bridgehead atoms. The van der Waals surface area contributed by atoms with Gasteiger partial charge in [0, 0.05) is 17.1 Å². The van der Waals surface area contributed by atoms with E-state index >= 15 is 0 Å². The molecule has 6 heteroatoms. The van der Waals surface area contributed by atoms with Gasteiger partial charge in [-0.3, -0.25) is 0 Å². The average molecular weight is 429 g/mol. The van der Waals surface area contributed by atoms with Gasteiger partial charge >= 0.3 is 5.97 Å². The minimum atomic E-state index is -0.360. The van der Waals surface area contributed by atoms with E-state index in [0.717, 1.165) is 22.6 Å². The maximum Gasteiger partial charge on any atom is 0.354 e. The van der Waals surface area contributed by atoms with Crippen molar-refractivity contribution in [1.29, 1.82) is 0 Å². The Hall–Kier alpha value is -1.89. The SMILES string of the molecule is COc1cc(C2SCCS2)ccc1OC(=O)c1sccc1-c1ccc(C)cc1. The number of methoxy groups -OCH3 is 1. The van der Waals surface area contributed by atoms with Gasteiger partial charge in [-0.2, -0.15) is 0 Å². The summed E-state index contributed by atoms with van der Waals surface area (Å²) in [5.41, 5.74) is 4.29. The fourth-order valence-electron chi connectivity index (χ4n) is 3.04. The molecule has 0 N–H and O–H groups in total. The van der Waals surface area contributed by atoms with Crippen LogP contribution in [0.5, 0.6) is 11.5 Å². The molecule has 3 nitrogen and oxygen atoms in total. The van der Waals surface area contributed by atoms with Crippen LogP contribution in [-0.2, 0) is 0 Å². The van der Waals surface area contributed by atoms with Crippen LogP contribution in [0.2, 0.25) is 0 Å². The van der Waals surface area contributed by atoms with Crippen LogP contribution in [0.3, 0.4) is 0 Å². The zero-order chi connectivity index (χ0) is 19.5. The minimum absolute atomic E-state index is 0.360. The zero-order valence-electron chi connectivity index (χ0n) is 15.6. The van der Waals surface area contributed by atoms with Gasteiger partial charge in [-0.1, -0.05) is 35.9 Å². The Morgan fingerprint density at radius 2 is 1.75 bits per heavy atom. The van der Waals surface area contributed by atoms with E-state index in [0.29, 0.717) is 21.0 Å². The number of esters is 1. The Morgan fingerprint density at radius 3 is 2.46 bits per heavy atom. The topological polar surface area (TPSA) is 35.5 Å². The smallest absolute Gasteiger partial charge is 0.354 e. The maximum atomic E-state index is 12.9. The number of ether oxygens (including phenoxy) is 2. The number of hydrogen-bond acceptors (Lipinski definition) is 6. The van der Waals surface area contributed by atoms with Crippen molar-refractivity contribution in [2.24, 2.45) is 0 Å². The van der Waals surface area contributed by atoms with Crippen LogP contribution < -0.4 is 9.47 Å². The molecular weight excluding hydrogens is 408 g/mol. The molecule has 2 aromatic carbocycles. The first kappa shape index (κ1) is 19.4. The van der Waals surface area contributed by atoms with Crippen molar-refractivity contribution in [3.05, 3.63) is 69.9 Å². The van der Waals surface area contributed by atoms with Gasteiger partial charge in [-0.15, -0.1) is 34.9 Å². The second-order valence-corrected chi connectivity index (χ2v) is 10.0. The molecule has 1 aliphatic rings. The largest absolute Gasteiger partial charge is 0.493 e. The van der Waals surface area contributed by atoms with Gasteiger partial charge in [-0.05, 0) is 41.6 Å². The quantitative estimate of drug-likeness (QED) is 0.346. The van der Waals surface area contributed by atoms with Crippen molar-refractivity contribution in [3.63, 3.8) is 0 Å². The van der Waals surface area contributed by atoms with Gasteiger partial charge in [0.2, 0.25) is 0 Å². The van der Waals surface area contributed by atoms with Gasteiger partial charge in [0.05, 0.1) is 11.7 Å². The Balaban J connectivity index is 1.57. The van der Waals surface area contributed by atoms with Crippen molar-refractivity contribution < 1.29 is 14.3 Å². The molecular formula is C22H20O3S3. The molecule has 0 amide bonds. The molecule has 3 aromatic rings. The summed E-state index contributed by atoms with van der Waals surface area (Å²) in [7, 11) is 1.61. The molecule has 2 heterocycles. The molecule has 1 saturated heterocycles. The standard InChI is InChI=1S/C22H20O3S3/c1-14-3-5-15(6-4-14)17-9-10-26-20(17)21(23)25-18-8-7-16(13-19(18)24-2)22-27-11-12-28-22/h3-10,13,22H,11-12H2,1-2H3. The summed E-state index contributed by atoms with van der Waals surface area (Å²) in [5, 5.41) is 1.92. The molecule has 0 spiro atoms. The Kier molecular flexibility index (Phi) is 5.99. The number of carbonyl (C=O) groups is 1. The number of thiophene rings is 1. The summed E-state index contributed by atoms with van der Waals surface area (Å²) < 4.78 is 11.6. The summed E-state index contributed by atoms with van der Waals surface area (Å²) in [4.78, 5) is 13.5. The number of thioether (sulfide) groups is 2. The molecule has 1 aromatic heterocycles. The van der Waals surface area contributed by atoms with Crippen molar-refractivity contribution in [2.45, 2.75) is 11.5 Å². The lowest BCUT2D eigenvalue weighted by molar-refractivity contribution is 0.0735. The summed E-state index contributed by atoms with van der Waals surface area (Å²) in [6.07, 6.45) is 0. The number of benzene rings is 2. The monoisotopic (exact) mass is 428 g/mol. The second-order valence-electron chi connectivity index (χ2n) is 6.40. The first-order chi connectivity index (χ1) is 13.7. The van der Waals surface area contributed by atoms with Crippen molar-refractivity contribution in [1.82, 2.24) is 0 Å². The molecule has 1 aliphatic heterocycles. The summed E-state index contributed by atoms with van der Waals surface area (Å²) >= 11 is 5.26. The normalized spacial score (nSPS) is 14.2. The minimum Gasteiger partial charge on any atom is -0.493 e. The van der Waals surface area contributed by atoms with Crippen LogP contribution in [0.1, 0.15) is 25.4 Å². The highest BCUT2D eigenvalue weighted by Crippen LogP contribution is 2.47. The first-order valence-electron chi connectivity index (χ1n) is 8.93. The Labute approximate surface area is 177 Å². The lowest BCUT2D eigenvalue weighted by atomic mass is 10.1. The van der Waals surface area contributed by atoms with Crippen LogP contribution in [0, 0.1) is 6.92 Å². The van der Waals surface area contributed by atoms with Crippen LogP contribution in [-0.4, -0.2) is 24.6 Å². The number of rotatable bonds is 5. The number of aryl methyl sites for hydroxylation is 1. The molecule has 144 valence electrons. The fourth-order valence-corrected chi connectivity index (χ4v) is 6.67. The van der Waals surface area contributed by atoms with E-state index < -0.39 is 0 Å². The first-order valence-corrected chi connectivity index (χ1v) is 11.9. The van der Waals surface area contributed by atoms with E-state index in [9.17, 15) is 4.79 Å². The molecule has 0 radical (unpaired) electrons. The van der Waals surface area contributed by atoms with Gasteiger partial charge in [0.15, 0.2) is 11.5 Å². The lowest BCUT2D eigenvalue weighted by Crippen LogP contribution is -2.09. The van der Waals surface area contributed by atoms with E-state index in [1.807, 2.05) is 84.4 Å². The highest BCUT2D eigenvalue weighted by molar-refractivity contribution is 8.19. The number of hydrogen-bond donors (Lipinski definition) is 0. The fraction of sp³-hybridized carbons (Fsp3) is 0.227. The Bertz CT molecular complexity index is 973. The van der Waals surface area contributed by atoms with E-state index in [2.05, 4.69) is 0 Å². The predicted molar refractivity (Wildman–Crippen MR) is 120 cm³/mol. The van der Waals surface area contributed by atoms with E-state index in [-0.39, 0.29) is 5.97 Å². The third kappa shape index (κ3) is 4.09. The zero-order valence-corrected chi connectivity index (χ0v) is 18.1. The molecule has 4 rings (SSSR count). The predicted octanol–water partition coefficient (Wildman–Crippen LogP) is 6.43. The molecule has 1 fully saturated rings. The van der Waals surface area contributed by atoms with E-state index in [1.165, 1.54) is 22.5 Å². The van der Waals surface area contributed by atoms with E-state index in [4.69, 9.17) is 9.47 Å². The van der Waals surface area contributed by atoms with E-state index in [1.54, 1.807) is 7.11 Å². The molecule has 0 unspecified atom stereocenters. The highest BCUT2D eigenvalue weighted by Gasteiger charge is 2.22. The number of carbonyl (C=O) groups excluding carboxylic acids is 1. The van der Waals surface area contributed by atoms with Crippen molar-refractivity contribution >= 4 is 40.8 Å². The second kappa shape index (κ2) is 8.64.